The minimum absolute atomic E-state index is 0.0424. The number of thioether (sulfide) groups is 1. The molecule has 3 amide bonds. The van der Waals surface area contributed by atoms with Crippen LogP contribution in [0, 0.1) is 24.0 Å². The predicted octanol–water partition coefficient (Wildman–Crippen LogP) is 6.35. The zero-order chi connectivity index (χ0) is 30.1. The number of nitro groups is 1. The third kappa shape index (κ3) is 8.64. The number of rotatable bonds is 10. The third-order valence-electron chi connectivity index (χ3n) is 5.93. The predicted molar refractivity (Wildman–Crippen MR) is 165 cm³/mol. The summed E-state index contributed by atoms with van der Waals surface area (Å²) in [5.41, 5.74) is 4.10. The van der Waals surface area contributed by atoms with Crippen molar-refractivity contribution in [2.45, 2.75) is 18.7 Å². The monoisotopic (exact) mass is 580 g/mol. The molecule has 0 atom stereocenters. The number of nitrogens with zero attached hydrogens (tertiary/aromatic N) is 1. The Morgan fingerprint density at radius 3 is 2.07 bits per heavy atom. The molecule has 0 saturated heterocycles. The summed E-state index contributed by atoms with van der Waals surface area (Å²) in [6.07, 6.45) is 1.44. The van der Waals surface area contributed by atoms with E-state index in [1.807, 2.05) is 32.0 Å². The van der Waals surface area contributed by atoms with Crippen LogP contribution in [-0.4, -0.2) is 28.4 Å². The quantitative estimate of drug-likeness (QED) is 0.0867. The van der Waals surface area contributed by atoms with E-state index >= 15 is 0 Å². The van der Waals surface area contributed by atoms with Gasteiger partial charge in [-0.25, -0.2) is 0 Å². The Kier molecular flexibility index (Phi) is 9.85. The number of carbonyl (C=O) groups is 3. The zero-order valence-electron chi connectivity index (χ0n) is 22.9. The first-order valence-corrected chi connectivity index (χ1v) is 13.9. The molecule has 0 radical (unpaired) electrons. The summed E-state index contributed by atoms with van der Waals surface area (Å²) in [7, 11) is 0. The van der Waals surface area contributed by atoms with Crippen LogP contribution in [0.1, 0.15) is 27.0 Å². The lowest BCUT2D eigenvalue weighted by Crippen LogP contribution is -2.30. The largest absolute Gasteiger partial charge is 0.325 e. The van der Waals surface area contributed by atoms with Gasteiger partial charge in [-0.15, -0.1) is 11.8 Å². The molecule has 0 spiro atoms. The molecule has 0 fully saturated rings. The number of amides is 3. The molecular weight excluding hydrogens is 552 g/mol. The van der Waals surface area contributed by atoms with Crippen molar-refractivity contribution in [3.05, 3.63) is 135 Å². The van der Waals surface area contributed by atoms with Crippen molar-refractivity contribution in [3.63, 3.8) is 0 Å². The van der Waals surface area contributed by atoms with Gasteiger partial charge in [0.2, 0.25) is 5.91 Å². The number of benzene rings is 4. The summed E-state index contributed by atoms with van der Waals surface area (Å²) >= 11 is 1.36. The summed E-state index contributed by atoms with van der Waals surface area (Å²) in [4.78, 5) is 49.8. The Bertz CT molecular complexity index is 1620. The number of non-ortho nitro benzene ring substituents is 1. The van der Waals surface area contributed by atoms with Crippen molar-refractivity contribution in [3.8, 4) is 0 Å². The maximum absolute atomic E-state index is 13.2. The molecule has 212 valence electrons. The van der Waals surface area contributed by atoms with E-state index in [1.54, 1.807) is 54.6 Å². The first kappa shape index (κ1) is 29.8. The fourth-order valence-corrected chi connectivity index (χ4v) is 4.73. The fourth-order valence-electron chi connectivity index (χ4n) is 4.03. The summed E-state index contributed by atoms with van der Waals surface area (Å²) in [6.45, 7) is 3.95. The Labute approximate surface area is 247 Å². The number of anilines is 2. The minimum atomic E-state index is -0.578. The second kappa shape index (κ2) is 13.9. The van der Waals surface area contributed by atoms with Gasteiger partial charge in [0.25, 0.3) is 17.5 Å². The second-order valence-corrected chi connectivity index (χ2v) is 10.5. The van der Waals surface area contributed by atoms with E-state index in [-0.39, 0.29) is 23.0 Å². The first-order chi connectivity index (χ1) is 20.2. The number of carbonyl (C=O) groups excluding carboxylic acids is 3. The summed E-state index contributed by atoms with van der Waals surface area (Å²) in [5, 5.41) is 19.3. The topological polar surface area (TPSA) is 130 Å². The van der Waals surface area contributed by atoms with Gasteiger partial charge in [0, 0.05) is 34.0 Å². The SMILES string of the molecule is Cc1cc(C)cc(NC(=O)CSc2ccc(NC(=O)/C(=C/c3ccc([N+](=O)[O-])cc3)NC(=O)c3ccccc3)cc2)c1. The highest BCUT2D eigenvalue weighted by Crippen LogP contribution is 2.22. The van der Waals surface area contributed by atoms with E-state index in [0.717, 1.165) is 21.7 Å². The van der Waals surface area contributed by atoms with Crippen LogP contribution in [0.25, 0.3) is 6.08 Å². The van der Waals surface area contributed by atoms with Crippen LogP contribution >= 0.6 is 11.8 Å². The highest BCUT2D eigenvalue weighted by atomic mass is 32.2. The Morgan fingerprint density at radius 1 is 0.810 bits per heavy atom. The smallest absolute Gasteiger partial charge is 0.272 e. The maximum atomic E-state index is 13.2. The van der Waals surface area contributed by atoms with E-state index in [2.05, 4.69) is 16.0 Å². The number of hydrogen-bond acceptors (Lipinski definition) is 6. The molecular formula is C32H28N4O5S. The third-order valence-corrected chi connectivity index (χ3v) is 6.94. The lowest BCUT2D eigenvalue weighted by atomic mass is 10.1. The Morgan fingerprint density at radius 2 is 1.45 bits per heavy atom. The van der Waals surface area contributed by atoms with E-state index in [0.29, 0.717) is 16.8 Å². The molecule has 9 nitrogen and oxygen atoms in total. The van der Waals surface area contributed by atoms with Crippen LogP contribution in [0.5, 0.6) is 0 Å². The van der Waals surface area contributed by atoms with Gasteiger partial charge in [-0.3, -0.25) is 24.5 Å². The Hall–Kier alpha value is -5.22. The van der Waals surface area contributed by atoms with Gasteiger partial charge in [-0.05, 0) is 97.3 Å². The minimum Gasteiger partial charge on any atom is -0.325 e. The van der Waals surface area contributed by atoms with Crippen LogP contribution in [0.4, 0.5) is 17.1 Å². The number of nitro benzene ring substituents is 1. The van der Waals surface area contributed by atoms with Crippen LogP contribution in [0.15, 0.2) is 108 Å². The van der Waals surface area contributed by atoms with Crippen molar-refractivity contribution in [2.75, 3.05) is 16.4 Å². The summed E-state index contributed by atoms with van der Waals surface area (Å²) < 4.78 is 0. The highest BCUT2D eigenvalue weighted by molar-refractivity contribution is 8.00. The zero-order valence-corrected chi connectivity index (χ0v) is 23.7. The van der Waals surface area contributed by atoms with E-state index in [4.69, 9.17) is 0 Å². The van der Waals surface area contributed by atoms with Crippen LogP contribution in [-0.2, 0) is 9.59 Å². The van der Waals surface area contributed by atoms with Gasteiger partial charge < -0.3 is 16.0 Å². The van der Waals surface area contributed by atoms with Crippen molar-refractivity contribution in [2.24, 2.45) is 0 Å². The fraction of sp³-hybridized carbons (Fsp3) is 0.0938. The van der Waals surface area contributed by atoms with Gasteiger partial charge in [-0.2, -0.15) is 0 Å². The van der Waals surface area contributed by atoms with Crippen LogP contribution in [0.2, 0.25) is 0 Å². The van der Waals surface area contributed by atoms with Gasteiger partial charge in [-0.1, -0.05) is 24.3 Å². The highest BCUT2D eigenvalue weighted by Gasteiger charge is 2.16. The molecule has 0 aliphatic carbocycles. The Balaban J connectivity index is 1.42. The van der Waals surface area contributed by atoms with Crippen molar-refractivity contribution in [1.29, 1.82) is 0 Å². The number of hydrogen-bond donors (Lipinski definition) is 3. The van der Waals surface area contributed by atoms with Gasteiger partial charge in [0.15, 0.2) is 0 Å². The molecule has 0 aliphatic heterocycles. The lowest BCUT2D eigenvalue weighted by molar-refractivity contribution is -0.384. The molecule has 0 aromatic heterocycles. The van der Waals surface area contributed by atoms with Crippen molar-refractivity contribution < 1.29 is 19.3 Å². The van der Waals surface area contributed by atoms with E-state index < -0.39 is 16.7 Å². The second-order valence-electron chi connectivity index (χ2n) is 9.42. The van der Waals surface area contributed by atoms with Crippen LogP contribution < -0.4 is 16.0 Å². The molecule has 0 aliphatic rings. The van der Waals surface area contributed by atoms with Crippen molar-refractivity contribution in [1.82, 2.24) is 5.32 Å². The van der Waals surface area contributed by atoms with Gasteiger partial charge >= 0.3 is 0 Å². The summed E-state index contributed by atoms with van der Waals surface area (Å²) in [5.74, 6) is -0.972. The molecule has 10 heteroatoms. The molecule has 0 heterocycles. The normalized spacial score (nSPS) is 11.0. The van der Waals surface area contributed by atoms with Crippen molar-refractivity contribution >= 4 is 52.6 Å². The van der Waals surface area contributed by atoms with E-state index in [1.165, 1.54) is 42.1 Å². The summed E-state index contributed by atoms with van der Waals surface area (Å²) in [6, 6.07) is 26.9. The molecule has 4 rings (SSSR count). The van der Waals surface area contributed by atoms with Crippen LogP contribution in [0.3, 0.4) is 0 Å². The molecule has 4 aromatic rings. The van der Waals surface area contributed by atoms with E-state index in [9.17, 15) is 24.5 Å². The number of nitrogens with one attached hydrogen (secondary N) is 3. The average molecular weight is 581 g/mol. The molecule has 0 unspecified atom stereocenters. The molecule has 3 N–H and O–H groups in total. The first-order valence-electron chi connectivity index (χ1n) is 12.9. The van der Waals surface area contributed by atoms with Gasteiger partial charge in [0.05, 0.1) is 10.7 Å². The maximum Gasteiger partial charge on any atom is 0.272 e. The molecule has 0 bridgehead atoms. The average Bonchev–Trinajstić information content (AvgIpc) is 2.96. The van der Waals surface area contributed by atoms with Gasteiger partial charge in [0.1, 0.15) is 5.70 Å². The lowest BCUT2D eigenvalue weighted by Gasteiger charge is -2.12. The molecule has 0 saturated carbocycles. The molecule has 4 aromatic carbocycles. The standard InChI is InChI=1S/C32H28N4O5S/c1-21-16-22(2)18-26(17-21)33-30(37)20-42-28-14-10-25(11-15-28)34-32(39)29(35-31(38)24-6-4-3-5-7-24)19-23-8-12-27(13-9-23)36(40)41/h3-19H,20H2,1-2H3,(H,33,37)(H,34,39)(H,35,38)/b29-19-. The molecule has 42 heavy (non-hydrogen) atoms. The number of aryl methyl sites for hydroxylation is 2.